The molecule has 1 aliphatic rings. The lowest BCUT2D eigenvalue weighted by Gasteiger charge is -2.40. The summed E-state index contributed by atoms with van der Waals surface area (Å²) < 4.78 is 0. The topological polar surface area (TPSA) is 15.3 Å². The van der Waals surface area contributed by atoms with Gasteiger partial charge in [-0.3, -0.25) is 4.90 Å². The molecule has 1 aromatic heterocycles. The summed E-state index contributed by atoms with van der Waals surface area (Å²) in [5.41, 5.74) is 0. The molecule has 0 amide bonds. The Bertz CT molecular complexity index is 323. The molecule has 0 aromatic carbocycles. The van der Waals surface area contributed by atoms with Crippen LogP contribution < -0.4 is 5.32 Å². The third kappa shape index (κ3) is 3.81. The molecule has 0 aliphatic carbocycles. The molecule has 0 saturated carbocycles. The molecule has 1 fully saturated rings. The van der Waals surface area contributed by atoms with Gasteiger partial charge in [0, 0.05) is 36.6 Å². The predicted octanol–water partition coefficient (Wildman–Crippen LogP) is 3.49. The van der Waals surface area contributed by atoms with Crippen LogP contribution in [-0.4, -0.2) is 30.1 Å². The highest BCUT2D eigenvalue weighted by Crippen LogP contribution is 2.20. The average molecular weight is 266 g/mol. The lowest BCUT2D eigenvalue weighted by molar-refractivity contribution is 0.113. The summed E-state index contributed by atoms with van der Waals surface area (Å²) >= 11 is 1.89. The van der Waals surface area contributed by atoms with Crippen molar-refractivity contribution < 1.29 is 0 Å². The lowest BCUT2D eigenvalue weighted by Crippen LogP contribution is -2.55. The number of rotatable bonds is 6. The van der Waals surface area contributed by atoms with Gasteiger partial charge in [-0.25, -0.2) is 0 Å². The monoisotopic (exact) mass is 266 g/mol. The quantitative estimate of drug-likeness (QED) is 0.848. The Morgan fingerprint density at radius 2 is 2.17 bits per heavy atom. The van der Waals surface area contributed by atoms with Gasteiger partial charge >= 0.3 is 0 Å². The summed E-state index contributed by atoms with van der Waals surface area (Å²) in [6.07, 6.45) is 5.19. The van der Waals surface area contributed by atoms with E-state index in [1.807, 2.05) is 11.3 Å². The van der Waals surface area contributed by atoms with Gasteiger partial charge in [0.25, 0.3) is 0 Å². The zero-order valence-corrected chi connectivity index (χ0v) is 12.5. The van der Waals surface area contributed by atoms with Crippen LogP contribution in [0.4, 0.5) is 0 Å². The number of nitrogens with zero attached hydrogens (tertiary/aromatic N) is 1. The van der Waals surface area contributed by atoms with E-state index in [-0.39, 0.29) is 0 Å². The Kier molecular flexibility index (Phi) is 5.67. The third-order valence-corrected chi connectivity index (χ3v) is 4.67. The Morgan fingerprint density at radius 1 is 1.33 bits per heavy atom. The van der Waals surface area contributed by atoms with Gasteiger partial charge in [0.15, 0.2) is 0 Å². The molecule has 2 atom stereocenters. The second-order valence-electron chi connectivity index (χ2n) is 5.35. The van der Waals surface area contributed by atoms with E-state index < -0.39 is 0 Å². The number of piperazine rings is 1. The Balaban J connectivity index is 1.95. The van der Waals surface area contributed by atoms with Crippen LogP contribution >= 0.6 is 11.3 Å². The normalized spacial score (nSPS) is 25.4. The van der Waals surface area contributed by atoms with Crippen LogP contribution in [0.2, 0.25) is 0 Å². The molecule has 1 aromatic rings. The van der Waals surface area contributed by atoms with Crippen LogP contribution in [-0.2, 0) is 6.54 Å². The van der Waals surface area contributed by atoms with E-state index in [2.05, 4.69) is 41.6 Å². The Labute approximate surface area is 115 Å². The minimum atomic E-state index is 0.697. The van der Waals surface area contributed by atoms with E-state index in [0.717, 1.165) is 12.6 Å². The highest BCUT2D eigenvalue weighted by molar-refractivity contribution is 7.09. The van der Waals surface area contributed by atoms with E-state index in [4.69, 9.17) is 0 Å². The molecule has 1 saturated heterocycles. The summed E-state index contributed by atoms with van der Waals surface area (Å²) in [7, 11) is 0. The van der Waals surface area contributed by atoms with Crippen LogP contribution in [0.3, 0.4) is 0 Å². The molecule has 2 heterocycles. The number of thiophene rings is 1. The van der Waals surface area contributed by atoms with Crippen molar-refractivity contribution in [3.63, 3.8) is 0 Å². The summed E-state index contributed by atoms with van der Waals surface area (Å²) in [6.45, 7) is 8.11. The van der Waals surface area contributed by atoms with E-state index in [1.165, 1.54) is 43.6 Å². The summed E-state index contributed by atoms with van der Waals surface area (Å²) in [6, 6.07) is 5.86. The molecule has 0 radical (unpaired) electrons. The molecule has 1 N–H and O–H groups in total. The van der Waals surface area contributed by atoms with Gasteiger partial charge in [0.2, 0.25) is 0 Å². The maximum atomic E-state index is 3.73. The van der Waals surface area contributed by atoms with Crippen molar-refractivity contribution in [2.75, 3.05) is 13.1 Å². The molecule has 2 rings (SSSR count). The summed E-state index contributed by atoms with van der Waals surface area (Å²) in [5.74, 6) is 0. The van der Waals surface area contributed by atoms with Gasteiger partial charge in [-0.05, 0) is 24.3 Å². The van der Waals surface area contributed by atoms with Crippen LogP contribution in [0, 0.1) is 0 Å². The fourth-order valence-corrected chi connectivity index (χ4v) is 3.61. The van der Waals surface area contributed by atoms with Crippen LogP contribution in [0.25, 0.3) is 0 Å². The van der Waals surface area contributed by atoms with Crippen molar-refractivity contribution in [1.29, 1.82) is 0 Å². The average Bonchev–Trinajstić information content (AvgIpc) is 2.86. The molecular weight excluding hydrogens is 240 g/mol. The van der Waals surface area contributed by atoms with Gasteiger partial charge in [0.1, 0.15) is 0 Å². The van der Waals surface area contributed by atoms with Crippen molar-refractivity contribution in [2.24, 2.45) is 0 Å². The highest BCUT2D eigenvalue weighted by Gasteiger charge is 2.26. The van der Waals surface area contributed by atoms with Gasteiger partial charge in [-0.15, -0.1) is 11.3 Å². The fourth-order valence-electron chi connectivity index (χ4n) is 2.88. The SMILES string of the molecule is CCCC1CN(Cc2cccs2)C(CCC)CN1. The van der Waals surface area contributed by atoms with Gasteiger partial charge < -0.3 is 5.32 Å². The summed E-state index contributed by atoms with van der Waals surface area (Å²) in [5, 5.41) is 5.92. The smallest absolute Gasteiger partial charge is 0.0332 e. The van der Waals surface area contributed by atoms with Crippen molar-refractivity contribution in [1.82, 2.24) is 10.2 Å². The molecule has 1 aliphatic heterocycles. The van der Waals surface area contributed by atoms with Gasteiger partial charge in [0.05, 0.1) is 0 Å². The van der Waals surface area contributed by atoms with E-state index in [1.54, 1.807) is 0 Å². The molecule has 0 spiro atoms. The number of hydrogen-bond donors (Lipinski definition) is 1. The molecule has 102 valence electrons. The maximum absolute atomic E-state index is 3.73. The molecular formula is C15H26N2S. The van der Waals surface area contributed by atoms with Gasteiger partial charge in [-0.1, -0.05) is 32.8 Å². The predicted molar refractivity (Wildman–Crippen MR) is 80.1 cm³/mol. The third-order valence-electron chi connectivity index (χ3n) is 3.81. The molecule has 18 heavy (non-hydrogen) atoms. The van der Waals surface area contributed by atoms with E-state index in [9.17, 15) is 0 Å². The first-order chi connectivity index (χ1) is 8.83. The lowest BCUT2D eigenvalue weighted by atomic mass is 10.0. The molecule has 0 bridgehead atoms. The number of hydrogen-bond acceptors (Lipinski definition) is 3. The minimum absolute atomic E-state index is 0.697. The molecule has 3 heteroatoms. The largest absolute Gasteiger partial charge is 0.311 e. The first-order valence-corrected chi connectivity index (χ1v) is 8.21. The number of nitrogens with one attached hydrogen (secondary N) is 1. The zero-order chi connectivity index (χ0) is 12.8. The second-order valence-corrected chi connectivity index (χ2v) is 6.38. The zero-order valence-electron chi connectivity index (χ0n) is 11.7. The minimum Gasteiger partial charge on any atom is -0.311 e. The van der Waals surface area contributed by atoms with Crippen LogP contribution in [0.5, 0.6) is 0 Å². The van der Waals surface area contributed by atoms with Crippen molar-refractivity contribution >= 4 is 11.3 Å². The van der Waals surface area contributed by atoms with E-state index >= 15 is 0 Å². The second kappa shape index (κ2) is 7.27. The summed E-state index contributed by atoms with van der Waals surface area (Å²) in [4.78, 5) is 4.21. The maximum Gasteiger partial charge on any atom is 0.0332 e. The Hall–Kier alpha value is -0.380. The van der Waals surface area contributed by atoms with E-state index in [0.29, 0.717) is 6.04 Å². The van der Waals surface area contributed by atoms with Crippen LogP contribution in [0.1, 0.15) is 44.4 Å². The Morgan fingerprint density at radius 3 is 2.83 bits per heavy atom. The fraction of sp³-hybridized carbons (Fsp3) is 0.733. The standard InChI is InChI=1S/C15H26N2S/c1-3-6-13-11-17(12-15-8-5-9-18-15)14(7-4-2)10-16-13/h5,8-9,13-14,16H,3-4,6-7,10-12H2,1-2H3. The van der Waals surface area contributed by atoms with Crippen LogP contribution in [0.15, 0.2) is 17.5 Å². The highest BCUT2D eigenvalue weighted by atomic mass is 32.1. The van der Waals surface area contributed by atoms with Crippen molar-refractivity contribution in [3.05, 3.63) is 22.4 Å². The molecule has 2 nitrogen and oxygen atoms in total. The first kappa shape index (κ1) is 14.0. The van der Waals surface area contributed by atoms with Gasteiger partial charge in [-0.2, -0.15) is 0 Å². The van der Waals surface area contributed by atoms with Crippen molar-refractivity contribution in [3.8, 4) is 0 Å². The first-order valence-electron chi connectivity index (χ1n) is 7.33. The van der Waals surface area contributed by atoms with Crippen molar-refractivity contribution in [2.45, 2.75) is 58.2 Å². The molecule has 2 unspecified atom stereocenters.